The van der Waals surface area contributed by atoms with E-state index in [4.69, 9.17) is 16.3 Å². The first-order valence-corrected chi connectivity index (χ1v) is 6.97. The lowest BCUT2D eigenvalue weighted by atomic mass is 10.0. The van der Waals surface area contributed by atoms with E-state index < -0.39 is 0 Å². The van der Waals surface area contributed by atoms with Gasteiger partial charge in [-0.1, -0.05) is 35.9 Å². The summed E-state index contributed by atoms with van der Waals surface area (Å²) in [7, 11) is 1.59. The van der Waals surface area contributed by atoms with Crippen molar-refractivity contribution < 1.29 is 9.66 Å². The van der Waals surface area contributed by atoms with Gasteiger partial charge in [-0.25, -0.2) is 0 Å². The highest BCUT2D eigenvalue weighted by atomic mass is 35.5. The van der Waals surface area contributed by atoms with Gasteiger partial charge in [0.1, 0.15) is 5.75 Å². The average Bonchev–Trinajstić information content (AvgIpc) is 2.47. The lowest BCUT2D eigenvalue weighted by Gasteiger charge is -2.15. The molecule has 0 radical (unpaired) electrons. The predicted molar refractivity (Wildman–Crippen MR) is 83.1 cm³/mol. The van der Waals surface area contributed by atoms with E-state index in [2.05, 4.69) is 0 Å². The van der Waals surface area contributed by atoms with Crippen LogP contribution in [0.3, 0.4) is 0 Å². The summed E-state index contributed by atoms with van der Waals surface area (Å²) < 4.78 is 5.32. The number of rotatable bonds is 5. The summed E-state index contributed by atoms with van der Waals surface area (Å²) in [5, 5.41) is 10.7. The van der Waals surface area contributed by atoms with Gasteiger partial charge in [0.15, 0.2) is 0 Å². The molecular weight excluding hydrogens is 290 g/mol. The molecule has 0 spiro atoms. The number of aryl methyl sites for hydroxylation is 1. The van der Waals surface area contributed by atoms with Crippen LogP contribution in [0.2, 0.25) is 0 Å². The fraction of sp³-hybridized carbons (Fsp3) is 0.250. The molecule has 0 aliphatic heterocycles. The van der Waals surface area contributed by atoms with E-state index >= 15 is 0 Å². The number of methoxy groups -OCH3 is 1. The number of hydrogen-bond donors (Lipinski definition) is 0. The molecule has 0 aliphatic carbocycles. The van der Waals surface area contributed by atoms with E-state index in [9.17, 15) is 10.1 Å². The van der Waals surface area contributed by atoms with Gasteiger partial charge in [-0.05, 0) is 19.4 Å². The zero-order chi connectivity index (χ0) is 15.4. The summed E-state index contributed by atoms with van der Waals surface area (Å²) in [6.45, 7) is 1.97. The van der Waals surface area contributed by atoms with Gasteiger partial charge in [-0.15, -0.1) is 11.6 Å². The number of para-hydroxylation sites is 1. The largest absolute Gasteiger partial charge is 0.496 e. The van der Waals surface area contributed by atoms with Crippen molar-refractivity contribution in [1.82, 2.24) is 0 Å². The number of halogens is 1. The highest BCUT2D eigenvalue weighted by molar-refractivity contribution is 6.21. The monoisotopic (exact) mass is 305 g/mol. The molecule has 0 aromatic heterocycles. The van der Waals surface area contributed by atoms with Crippen molar-refractivity contribution >= 4 is 17.3 Å². The molecular formula is C16H16ClNO3. The predicted octanol–water partition coefficient (Wildman–Crippen LogP) is 4.43. The second-order valence-corrected chi connectivity index (χ2v) is 5.33. The van der Waals surface area contributed by atoms with Gasteiger partial charge in [0, 0.05) is 17.2 Å². The number of hydrogen-bond acceptors (Lipinski definition) is 3. The molecule has 5 heteroatoms. The molecule has 0 amide bonds. The van der Waals surface area contributed by atoms with Crippen molar-refractivity contribution in [2.24, 2.45) is 0 Å². The molecule has 1 unspecified atom stereocenters. The molecule has 0 saturated carbocycles. The molecule has 110 valence electrons. The van der Waals surface area contributed by atoms with E-state index in [0.29, 0.717) is 17.7 Å². The molecule has 0 fully saturated rings. The van der Waals surface area contributed by atoms with Gasteiger partial charge in [0.2, 0.25) is 0 Å². The van der Waals surface area contributed by atoms with Crippen molar-refractivity contribution in [3.63, 3.8) is 0 Å². The van der Waals surface area contributed by atoms with Gasteiger partial charge in [-0.2, -0.15) is 0 Å². The number of nitro groups is 1. The fourth-order valence-corrected chi connectivity index (χ4v) is 2.60. The van der Waals surface area contributed by atoms with Crippen molar-refractivity contribution in [3.8, 4) is 5.75 Å². The third kappa shape index (κ3) is 3.52. The van der Waals surface area contributed by atoms with Crippen LogP contribution in [-0.2, 0) is 6.42 Å². The zero-order valence-corrected chi connectivity index (χ0v) is 12.6. The SMILES string of the molecule is COc1ccc(C)cc1C(Cl)Cc1ccccc1[N+](=O)[O-]. The van der Waals surface area contributed by atoms with E-state index in [-0.39, 0.29) is 16.0 Å². The second kappa shape index (κ2) is 6.59. The molecule has 1 atom stereocenters. The molecule has 0 bridgehead atoms. The van der Waals surface area contributed by atoms with Crippen LogP contribution < -0.4 is 4.74 Å². The Labute approximate surface area is 128 Å². The molecule has 0 saturated heterocycles. The van der Waals surface area contributed by atoms with Crippen LogP contribution in [0.15, 0.2) is 42.5 Å². The Bertz CT molecular complexity index is 658. The van der Waals surface area contributed by atoms with E-state index in [1.54, 1.807) is 25.3 Å². The van der Waals surface area contributed by atoms with Crippen molar-refractivity contribution in [1.29, 1.82) is 0 Å². The number of nitrogens with zero attached hydrogens (tertiary/aromatic N) is 1. The fourth-order valence-electron chi connectivity index (χ4n) is 2.26. The number of alkyl halides is 1. The lowest BCUT2D eigenvalue weighted by Crippen LogP contribution is -2.02. The third-order valence-corrected chi connectivity index (χ3v) is 3.70. The molecule has 2 aromatic carbocycles. The maximum Gasteiger partial charge on any atom is 0.272 e. The smallest absolute Gasteiger partial charge is 0.272 e. The third-order valence-electron chi connectivity index (χ3n) is 3.31. The Morgan fingerprint density at radius 3 is 2.67 bits per heavy atom. The van der Waals surface area contributed by atoms with Crippen LogP contribution >= 0.6 is 11.6 Å². The first-order valence-electron chi connectivity index (χ1n) is 6.54. The van der Waals surface area contributed by atoms with E-state index in [1.807, 2.05) is 25.1 Å². The maximum absolute atomic E-state index is 11.1. The minimum Gasteiger partial charge on any atom is -0.496 e. The minimum absolute atomic E-state index is 0.0924. The Hall–Kier alpha value is -2.07. The molecule has 2 aromatic rings. The van der Waals surface area contributed by atoms with Gasteiger partial charge < -0.3 is 4.74 Å². The molecule has 4 nitrogen and oxygen atoms in total. The Kier molecular flexibility index (Phi) is 4.81. The summed E-state index contributed by atoms with van der Waals surface area (Å²) in [6, 6.07) is 12.4. The normalized spacial score (nSPS) is 12.0. The van der Waals surface area contributed by atoms with E-state index in [0.717, 1.165) is 11.1 Å². The van der Waals surface area contributed by atoms with Crippen molar-refractivity contribution in [3.05, 3.63) is 69.3 Å². The van der Waals surface area contributed by atoms with Gasteiger partial charge in [-0.3, -0.25) is 10.1 Å². The second-order valence-electron chi connectivity index (χ2n) is 4.80. The number of benzene rings is 2. The maximum atomic E-state index is 11.1. The minimum atomic E-state index is -0.388. The van der Waals surface area contributed by atoms with Crippen LogP contribution in [0.4, 0.5) is 5.69 Å². The van der Waals surface area contributed by atoms with Gasteiger partial charge in [0.25, 0.3) is 5.69 Å². The summed E-state index contributed by atoms with van der Waals surface area (Å²) >= 11 is 6.47. The summed E-state index contributed by atoms with van der Waals surface area (Å²) in [5.74, 6) is 0.694. The van der Waals surface area contributed by atoms with Gasteiger partial charge in [0.05, 0.1) is 17.4 Å². The standard InChI is InChI=1S/C16H16ClNO3/c1-11-7-8-16(21-2)13(9-11)14(17)10-12-5-3-4-6-15(12)18(19)20/h3-9,14H,10H2,1-2H3. The zero-order valence-electron chi connectivity index (χ0n) is 11.9. The van der Waals surface area contributed by atoms with Crippen molar-refractivity contribution in [2.75, 3.05) is 7.11 Å². The van der Waals surface area contributed by atoms with Crippen LogP contribution in [-0.4, -0.2) is 12.0 Å². The van der Waals surface area contributed by atoms with Crippen LogP contribution in [0.25, 0.3) is 0 Å². The molecule has 0 N–H and O–H groups in total. The highest BCUT2D eigenvalue weighted by Crippen LogP contribution is 2.34. The Morgan fingerprint density at radius 2 is 2.00 bits per heavy atom. The first kappa shape index (κ1) is 15.3. The first-order chi connectivity index (χ1) is 10.0. The highest BCUT2D eigenvalue weighted by Gasteiger charge is 2.19. The van der Waals surface area contributed by atoms with Crippen LogP contribution in [0.5, 0.6) is 5.75 Å². The summed E-state index contributed by atoms with van der Waals surface area (Å²) in [4.78, 5) is 10.7. The average molecular weight is 306 g/mol. The molecule has 21 heavy (non-hydrogen) atoms. The summed E-state index contributed by atoms with van der Waals surface area (Å²) in [6.07, 6.45) is 0.374. The lowest BCUT2D eigenvalue weighted by molar-refractivity contribution is -0.385. The van der Waals surface area contributed by atoms with Gasteiger partial charge >= 0.3 is 0 Å². The van der Waals surface area contributed by atoms with Crippen molar-refractivity contribution in [2.45, 2.75) is 18.7 Å². The van der Waals surface area contributed by atoms with Crippen LogP contribution in [0, 0.1) is 17.0 Å². The summed E-state index contributed by atoms with van der Waals surface area (Å²) in [5.41, 5.74) is 2.62. The molecule has 0 heterocycles. The topological polar surface area (TPSA) is 52.4 Å². The van der Waals surface area contributed by atoms with E-state index in [1.165, 1.54) is 6.07 Å². The quantitative estimate of drug-likeness (QED) is 0.466. The molecule has 0 aliphatic rings. The Balaban J connectivity index is 2.32. The Morgan fingerprint density at radius 1 is 1.29 bits per heavy atom. The number of ether oxygens (including phenoxy) is 1. The number of nitro benzene ring substituents is 1. The molecule has 2 rings (SSSR count). The van der Waals surface area contributed by atoms with Crippen LogP contribution in [0.1, 0.15) is 22.1 Å².